The maximum Gasteiger partial charge on any atom is 0.241 e. The predicted molar refractivity (Wildman–Crippen MR) is 81.6 cm³/mol. The summed E-state index contributed by atoms with van der Waals surface area (Å²) in [6, 6.07) is 8.52. The summed E-state index contributed by atoms with van der Waals surface area (Å²) in [5, 5.41) is 4.12. The van der Waals surface area contributed by atoms with Gasteiger partial charge in [-0.3, -0.25) is 4.90 Å². The van der Waals surface area contributed by atoms with Gasteiger partial charge in [0.2, 0.25) is 11.7 Å². The average molecular weight is 286 g/mol. The van der Waals surface area contributed by atoms with Crippen molar-refractivity contribution in [1.82, 2.24) is 15.0 Å². The van der Waals surface area contributed by atoms with Gasteiger partial charge in [-0.05, 0) is 31.9 Å². The fraction of sp³-hybridized carbons (Fsp3) is 0.500. The Kier molecular flexibility index (Phi) is 4.31. The first-order chi connectivity index (χ1) is 10.3. The summed E-state index contributed by atoms with van der Waals surface area (Å²) in [4.78, 5) is 6.90. The lowest BCUT2D eigenvalue weighted by atomic mass is 10.0. The van der Waals surface area contributed by atoms with Crippen LogP contribution in [-0.4, -0.2) is 34.2 Å². The zero-order chi connectivity index (χ0) is 14.7. The number of benzene rings is 1. The summed E-state index contributed by atoms with van der Waals surface area (Å²) in [7, 11) is 0. The monoisotopic (exact) mass is 286 g/mol. The van der Waals surface area contributed by atoms with Crippen LogP contribution in [0.2, 0.25) is 0 Å². The van der Waals surface area contributed by atoms with E-state index in [0.29, 0.717) is 30.8 Å². The van der Waals surface area contributed by atoms with Gasteiger partial charge in [-0.2, -0.15) is 4.98 Å². The van der Waals surface area contributed by atoms with E-state index in [1.807, 2.05) is 18.2 Å². The number of nitrogens with two attached hydrogens (primary N) is 1. The molecule has 0 radical (unpaired) electrons. The van der Waals surface area contributed by atoms with E-state index in [2.05, 4.69) is 28.0 Å². The number of likely N-dealkylation sites (tertiary alicyclic amines) is 1. The van der Waals surface area contributed by atoms with Crippen molar-refractivity contribution in [2.45, 2.75) is 38.8 Å². The lowest BCUT2D eigenvalue weighted by Crippen LogP contribution is -2.43. The maximum absolute atomic E-state index is 5.86. The van der Waals surface area contributed by atoms with E-state index in [1.165, 1.54) is 12.8 Å². The van der Waals surface area contributed by atoms with Crippen molar-refractivity contribution in [2.75, 3.05) is 13.1 Å². The molecule has 1 atom stereocenters. The normalized spacial score (nSPS) is 19.8. The van der Waals surface area contributed by atoms with Gasteiger partial charge in [0.15, 0.2) is 0 Å². The van der Waals surface area contributed by atoms with Crippen LogP contribution in [0.15, 0.2) is 28.8 Å². The van der Waals surface area contributed by atoms with Crippen LogP contribution in [0.25, 0.3) is 11.4 Å². The van der Waals surface area contributed by atoms with Crippen molar-refractivity contribution in [3.05, 3.63) is 35.7 Å². The molecule has 1 saturated heterocycles. The Morgan fingerprint density at radius 1 is 1.33 bits per heavy atom. The van der Waals surface area contributed by atoms with Crippen molar-refractivity contribution < 1.29 is 4.52 Å². The van der Waals surface area contributed by atoms with E-state index < -0.39 is 0 Å². The van der Waals surface area contributed by atoms with E-state index in [9.17, 15) is 0 Å². The van der Waals surface area contributed by atoms with Crippen LogP contribution in [-0.2, 0) is 6.54 Å². The van der Waals surface area contributed by atoms with E-state index in [-0.39, 0.29) is 0 Å². The number of hydrogen-bond acceptors (Lipinski definition) is 5. The molecule has 5 nitrogen and oxygen atoms in total. The second kappa shape index (κ2) is 6.37. The van der Waals surface area contributed by atoms with Gasteiger partial charge in [0, 0.05) is 18.2 Å². The van der Waals surface area contributed by atoms with Gasteiger partial charge in [0.25, 0.3) is 0 Å². The van der Waals surface area contributed by atoms with Gasteiger partial charge in [0.05, 0.1) is 6.54 Å². The smallest absolute Gasteiger partial charge is 0.241 e. The highest BCUT2D eigenvalue weighted by molar-refractivity contribution is 5.58. The molecule has 1 aromatic carbocycles. The lowest BCUT2D eigenvalue weighted by molar-refractivity contribution is 0.128. The van der Waals surface area contributed by atoms with Crippen LogP contribution >= 0.6 is 0 Å². The Labute approximate surface area is 125 Å². The fourth-order valence-electron chi connectivity index (χ4n) is 2.96. The molecule has 2 N–H and O–H groups in total. The van der Waals surface area contributed by atoms with Crippen molar-refractivity contribution in [2.24, 2.45) is 5.73 Å². The number of rotatable bonds is 4. The summed E-state index contributed by atoms with van der Waals surface area (Å²) in [5.74, 6) is 1.35. The third kappa shape index (κ3) is 3.14. The quantitative estimate of drug-likeness (QED) is 0.934. The Morgan fingerprint density at radius 3 is 3.00 bits per heavy atom. The first-order valence-electron chi connectivity index (χ1n) is 7.60. The molecule has 1 aliphatic heterocycles. The number of aromatic nitrogens is 2. The van der Waals surface area contributed by atoms with Crippen LogP contribution in [0.5, 0.6) is 0 Å². The van der Waals surface area contributed by atoms with Gasteiger partial charge in [0.1, 0.15) is 0 Å². The molecular formula is C16H22N4O. The Morgan fingerprint density at radius 2 is 2.19 bits per heavy atom. The molecule has 1 aliphatic rings. The molecular weight excluding hydrogens is 264 g/mol. The molecule has 21 heavy (non-hydrogen) atoms. The number of hydrogen-bond donors (Lipinski definition) is 1. The molecule has 0 aliphatic carbocycles. The average Bonchev–Trinajstić information content (AvgIpc) is 2.96. The van der Waals surface area contributed by atoms with Crippen molar-refractivity contribution in [1.29, 1.82) is 0 Å². The summed E-state index contributed by atoms with van der Waals surface area (Å²) in [5.41, 5.74) is 8.04. The van der Waals surface area contributed by atoms with Crippen LogP contribution in [0.1, 0.15) is 30.7 Å². The van der Waals surface area contributed by atoms with Crippen LogP contribution in [0, 0.1) is 6.92 Å². The van der Waals surface area contributed by atoms with Crippen LogP contribution in [0.3, 0.4) is 0 Å². The molecule has 0 spiro atoms. The highest BCUT2D eigenvalue weighted by Crippen LogP contribution is 2.22. The van der Waals surface area contributed by atoms with Gasteiger partial charge in [-0.1, -0.05) is 35.8 Å². The second-order valence-electron chi connectivity index (χ2n) is 5.68. The third-order valence-corrected chi connectivity index (χ3v) is 4.21. The van der Waals surface area contributed by atoms with E-state index in [0.717, 1.165) is 24.1 Å². The first kappa shape index (κ1) is 14.2. The Balaban J connectivity index is 1.75. The molecule has 0 bridgehead atoms. The van der Waals surface area contributed by atoms with Crippen LogP contribution in [0.4, 0.5) is 0 Å². The third-order valence-electron chi connectivity index (χ3n) is 4.21. The molecule has 3 rings (SSSR count). The minimum Gasteiger partial charge on any atom is -0.338 e. The second-order valence-corrected chi connectivity index (χ2v) is 5.68. The number of piperidine rings is 1. The maximum atomic E-state index is 5.86. The van der Waals surface area contributed by atoms with Crippen molar-refractivity contribution >= 4 is 0 Å². The molecule has 0 saturated carbocycles. The molecule has 112 valence electrons. The Hall–Kier alpha value is -1.72. The van der Waals surface area contributed by atoms with Gasteiger partial charge >= 0.3 is 0 Å². The highest BCUT2D eigenvalue weighted by atomic mass is 16.5. The minimum absolute atomic E-state index is 0.438. The topological polar surface area (TPSA) is 68.2 Å². The minimum atomic E-state index is 0.438. The molecule has 1 fully saturated rings. The summed E-state index contributed by atoms with van der Waals surface area (Å²) in [6.45, 7) is 4.50. The lowest BCUT2D eigenvalue weighted by Gasteiger charge is -2.33. The van der Waals surface area contributed by atoms with Gasteiger partial charge in [-0.15, -0.1) is 0 Å². The Bertz CT molecular complexity index is 595. The van der Waals surface area contributed by atoms with E-state index >= 15 is 0 Å². The SMILES string of the molecule is Cc1ccccc1-c1noc(CN2CCCCC2CN)n1. The van der Waals surface area contributed by atoms with Crippen molar-refractivity contribution in [3.8, 4) is 11.4 Å². The molecule has 0 amide bonds. The fourth-order valence-corrected chi connectivity index (χ4v) is 2.96. The molecule has 2 aromatic rings. The number of aryl methyl sites for hydroxylation is 1. The molecule has 1 unspecified atom stereocenters. The highest BCUT2D eigenvalue weighted by Gasteiger charge is 2.23. The standard InChI is InChI=1S/C16H22N4O/c1-12-6-2-3-8-14(12)16-18-15(21-19-16)11-20-9-5-4-7-13(20)10-17/h2-3,6,8,13H,4-5,7,9-11,17H2,1H3. The predicted octanol–water partition coefficient (Wildman–Crippen LogP) is 2.36. The molecule has 1 aromatic heterocycles. The van der Waals surface area contributed by atoms with Crippen molar-refractivity contribution in [3.63, 3.8) is 0 Å². The molecule has 2 heterocycles. The summed E-state index contributed by atoms with van der Waals surface area (Å²) in [6.07, 6.45) is 3.64. The molecule has 5 heteroatoms. The van der Waals surface area contributed by atoms with Crippen LogP contribution < -0.4 is 5.73 Å². The summed E-state index contributed by atoms with van der Waals surface area (Å²) < 4.78 is 5.43. The largest absolute Gasteiger partial charge is 0.338 e. The van der Waals surface area contributed by atoms with E-state index in [4.69, 9.17) is 10.3 Å². The first-order valence-corrected chi connectivity index (χ1v) is 7.60. The summed E-state index contributed by atoms with van der Waals surface area (Å²) >= 11 is 0. The zero-order valence-electron chi connectivity index (χ0n) is 12.5. The zero-order valence-corrected chi connectivity index (χ0v) is 12.5. The number of nitrogens with zero attached hydrogens (tertiary/aromatic N) is 3. The van der Waals surface area contributed by atoms with E-state index in [1.54, 1.807) is 0 Å². The van der Waals surface area contributed by atoms with Gasteiger partial charge in [-0.25, -0.2) is 0 Å². The van der Waals surface area contributed by atoms with Gasteiger partial charge < -0.3 is 10.3 Å².